The highest BCUT2D eigenvalue weighted by Crippen LogP contribution is 2.24. The van der Waals surface area contributed by atoms with Crippen LogP contribution in [-0.4, -0.2) is 34.9 Å². The molecule has 0 aliphatic rings. The largest absolute Gasteiger partial charge is 0.484 e. The summed E-state index contributed by atoms with van der Waals surface area (Å²) in [4.78, 5) is 28.7. The molecular weight excluding hydrogens is 610 g/mol. The molecule has 0 aliphatic carbocycles. The lowest BCUT2D eigenvalue weighted by Gasteiger charge is -2.34. The Balaban J connectivity index is 1.95. The van der Waals surface area contributed by atoms with Crippen molar-refractivity contribution >= 4 is 57.6 Å². The van der Waals surface area contributed by atoms with E-state index in [0.717, 1.165) is 9.13 Å². The molecular formula is C28H29Cl2IN2O3. The topological polar surface area (TPSA) is 58.6 Å². The number of rotatable bonds is 9. The molecule has 0 unspecified atom stereocenters. The second-order valence-electron chi connectivity index (χ2n) is 9.44. The van der Waals surface area contributed by atoms with Gasteiger partial charge in [-0.25, -0.2) is 0 Å². The van der Waals surface area contributed by atoms with Gasteiger partial charge < -0.3 is 15.0 Å². The van der Waals surface area contributed by atoms with Crippen molar-refractivity contribution in [2.75, 3.05) is 6.61 Å². The predicted molar refractivity (Wildman–Crippen MR) is 153 cm³/mol. The zero-order chi connectivity index (χ0) is 26.3. The van der Waals surface area contributed by atoms with Crippen LogP contribution in [0.25, 0.3) is 0 Å². The van der Waals surface area contributed by atoms with Gasteiger partial charge in [0.25, 0.3) is 5.91 Å². The zero-order valence-electron chi connectivity index (χ0n) is 20.4. The van der Waals surface area contributed by atoms with Gasteiger partial charge in [0.1, 0.15) is 11.8 Å². The minimum atomic E-state index is -0.786. The summed E-state index contributed by atoms with van der Waals surface area (Å²) in [6.07, 6.45) is 0.337. The highest BCUT2D eigenvalue weighted by Gasteiger charge is 2.32. The number of carbonyl (C=O) groups excluding carboxylic acids is 2. The van der Waals surface area contributed by atoms with Gasteiger partial charge >= 0.3 is 0 Å². The summed E-state index contributed by atoms with van der Waals surface area (Å²) >= 11 is 14.8. The Morgan fingerprint density at radius 3 is 2.28 bits per heavy atom. The molecule has 0 aromatic heterocycles. The lowest BCUT2D eigenvalue weighted by atomic mass is 10.0. The smallest absolute Gasteiger partial charge is 0.261 e. The van der Waals surface area contributed by atoms with Crippen molar-refractivity contribution in [1.29, 1.82) is 0 Å². The summed E-state index contributed by atoms with van der Waals surface area (Å²) in [6.45, 7) is 5.63. The Morgan fingerprint density at radius 1 is 1.00 bits per heavy atom. The normalized spacial score (nSPS) is 12.1. The maximum atomic E-state index is 13.6. The number of amides is 2. The van der Waals surface area contributed by atoms with E-state index in [1.54, 1.807) is 18.2 Å². The quantitative estimate of drug-likeness (QED) is 0.271. The minimum Gasteiger partial charge on any atom is -0.484 e. The van der Waals surface area contributed by atoms with Crippen molar-refractivity contribution in [2.45, 2.75) is 45.3 Å². The number of nitrogens with zero attached hydrogens (tertiary/aromatic N) is 1. The lowest BCUT2D eigenvalue weighted by Crippen LogP contribution is -2.55. The van der Waals surface area contributed by atoms with Crippen LogP contribution in [0.5, 0.6) is 5.75 Å². The van der Waals surface area contributed by atoms with Crippen LogP contribution < -0.4 is 10.1 Å². The summed E-state index contributed by atoms with van der Waals surface area (Å²) in [7, 11) is 0. The standard InChI is InChI=1S/C28H29Cl2IN2O3/c1-28(2,3)32-27(35)25(15-19-7-5-4-6-8-19)33(17-20-9-10-21(29)16-24(20)30)26(34)18-36-23-13-11-22(31)12-14-23/h4-14,16,25H,15,17-18H2,1-3H3,(H,32,35)/t25-/m1/s1. The van der Waals surface area contributed by atoms with Crippen LogP contribution in [0.3, 0.4) is 0 Å². The first-order chi connectivity index (χ1) is 17.0. The van der Waals surface area contributed by atoms with E-state index in [1.165, 1.54) is 4.90 Å². The van der Waals surface area contributed by atoms with E-state index in [0.29, 0.717) is 27.8 Å². The van der Waals surface area contributed by atoms with Gasteiger partial charge in [-0.15, -0.1) is 0 Å². The van der Waals surface area contributed by atoms with Crippen molar-refractivity contribution < 1.29 is 14.3 Å². The third-order valence-electron chi connectivity index (χ3n) is 5.30. The first-order valence-electron chi connectivity index (χ1n) is 11.5. The molecule has 8 heteroatoms. The van der Waals surface area contributed by atoms with Gasteiger partial charge in [-0.3, -0.25) is 9.59 Å². The molecule has 0 fully saturated rings. The first-order valence-corrected chi connectivity index (χ1v) is 13.3. The summed E-state index contributed by atoms with van der Waals surface area (Å²) in [6, 6.07) is 21.4. The van der Waals surface area contributed by atoms with Crippen LogP contribution in [0, 0.1) is 3.57 Å². The summed E-state index contributed by atoms with van der Waals surface area (Å²) in [5.74, 6) is -0.00407. The minimum absolute atomic E-state index is 0.125. The van der Waals surface area contributed by atoms with Gasteiger partial charge in [0.2, 0.25) is 5.91 Å². The maximum absolute atomic E-state index is 13.6. The first kappa shape index (κ1) is 28.3. The molecule has 3 rings (SSSR count). The predicted octanol–water partition coefficient (Wildman–Crippen LogP) is 6.53. The van der Waals surface area contributed by atoms with Crippen LogP contribution in [0.1, 0.15) is 31.9 Å². The van der Waals surface area contributed by atoms with E-state index in [9.17, 15) is 9.59 Å². The Labute approximate surface area is 236 Å². The van der Waals surface area contributed by atoms with Crippen molar-refractivity contribution in [3.63, 3.8) is 0 Å². The highest BCUT2D eigenvalue weighted by atomic mass is 127. The van der Waals surface area contributed by atoms with E-state index in [1.807, 2.05) is 75.4 Å². The molecule has 0 aliphatic heterocycles. The molecule has 2 amide bonds. The second kappa shape index (κ2) is 12.8. The number of halogens is 3. The molecule has 0 saturated heterocycles. The van der Waals surface area contributed by atoms with Crippen LogP contribution in [0.15, 0.2) is 72.8 Å². The molecule has 1 atom stereocenters. The van der Waals surface area contributed by atoms with Gasteiger partial charge in [-0.2, -0.15) is 0 Å². The number of carbonyl (C=O) groups is 2. The fourth-order valence-electron chi connectivity index (χ4n) is 3.60. The van der Waals surface area contributed by atoms with Gasteiger partial charge in [0.05, 0.1) is 0 Å². The van der Waals surface area contributed by atoms with Gasteiger partial charge in [0, 0.05) is 32.1 Å². The fraction of sp³-hybridized carbons (Fsp3) is 0.286. The van der Waals surface area contributed by atoms with Crippen LogP contribution in [0.2, 0.25) is 10.0 Å². The third kappa shape index (κ3) is 8.68. The monoisotopic (exact) mass is 638 g/mol. The molecule has 1 N–H and O–H groups in total. The zero-order valence-corrected chi connectivity index (χ0v) is 24.1. The van der Waals surface area contributed by atoms with Gasteiger partial charge in [0.15, 0.2) is 6.61 Å². The van der Waals surface area contributed by atoms with E-state index < -0.39 is 11.6 Å². The summed E-state index contributed by atoms with van der Waals surface area (Å²) in [5.41, 5.74) is 1.14. The molecule has 0 radical (unpaired) electrons. The highest BCUT2D eigenvalue weighted by molar-refractivity contribution is 14.1. The number of hydrogen-bond acceptors (Lipinski definition) is 3. The maximum Gasteiger partial charge on any atom is 0.261 e. The van der Waals surface area contributed by atoms with Crippen molar-refractivity contribution in [3.05, 3.63) is 97.5 Å². The third-order valence-corrected chi connectivity index (χ3v) is 6.61. The average molecular weight is 639 g/mol. The Hall–Kier alpha value is -2.29. The SMILES string of the molecule is CC(C)(C)NC(=O)[C@@H](Cc1ccccc1)N(Cc1ccc(Cl)cc1Cl)C(=O)COc1ccc(I)cc1. The van der Waals surface area contributed by atoms with Crippen LogP contribution in [0.4, 0.5) is 0 Å². The fourth-order valence-corrected chi connectivity index (χ4v) is 4.43. The molecule has 190 valence electrons. The van der Waals surface area contributed by atoms with Crippen LogP contribution in [-0.2, 0) is 22.6 Å². The Kier molecular flexibility index (Phi) is 10.0. The Morgan fingerprint density at radius 2 is 1.67 bits per heavy atom. The van der Waals surface area contributed by atoms with Crippen molar-refractivity contribution in [2.24, 2.45) is 0 Å². The average Bonchev–Trinajstić information content (AvgIpc) is 2.81. The molecule has 0 saturated carbocycles. The van der Waals surface area contributed by atoms with E-state index in [2.05, 4.69) is 27.9 Å². The van der Waals surface area contributed by atoms with Crippen LogP contribution >= 0.6 is 45.8 Å². The molecule has 0 heterocycles. The van der Waals surface area contributed by atoms with Crippen molar-refractivity contribution in [1.82, 2.24) is 10.2 Å². The molecule has 3 aromatic carbocycles. The van der Waals surface area contributed by atoms with E-state index in [4.69, 9.17) is 27.9 Å². The van der Waals surface area contributed by atoms with Gasteiger partial charge in [-0.1, -0.05) is 59.6 Å². The van der Waals surface area contributed by atoms with E-state index >= 15 is 0 Å². The lowest BCUT2D eigenvalue weighted by molar-refractivity contribution is -0.143. The number of benzene rings is 3. The molecule has 0 bridgehead atoms. The molecule has 0 spiro atoms. The number of ether oxygens (including phenoxy) is 1. The summed E-state index contributed by atoms with van der Waals surface area (Å²) in [5, 5.41) is 3.96. The molecule has 36 heavy (non-hydrogen) atoms. The number of nitrogens with one attached hydrogen (secondary N) is 1. The summed E-state index contributed by atoms with van der Waals surface area (Å²) < 4.78 is 6.85. The Bertz CT molecular complexity index is 1180. The molecule has 3 aromatic rings. The molecule has 5 nitrogen and oxygen atoms in total. The second-order valence-corrected chi connectivity index (χ2v) is 11.5. The van der Waals surface area contributed by atoms with Gasteiger partial charge in [-0.05, 0) is 90.9 Å². The van der Waals surface area contributed by atoms with Crippen molar-refractivity contribution in [3.8, 4) is 5.75 Å². The number of hydrogen-bond donors (Lipinski definition) is 1. The van der Waals surface area contributed by atoms with E-state index in [-0.39, 0.29) is 25.0 Å².